The molecule has 0 amide bonds. The van der Waals surface area contributed by atoms with Crippen LogP contribution < -0.4 is 0 Å². The summed E-state index contributed by atoms with van der Waals surface area (Å²) in [6.45, 7) is 11.7. The number of hydrogen-bond donors (Lipinski definition) is 1. The molecule has 1 saturated heterocycles. The van der Waals surface area contributed by atoms with Crippen molar-refractivity contribution >= 4 is 10.0 Å². The van der Waals surface area contributed by atoms with Crippen LogP contribution in [0.4, 0.5) is 0 Å². The molecule has 0 spiro atoms. The van der Waals surface area contributed by atoms with Crippen molar-refractivity contribution in [2.24, 2.45) is 0 Å². The third kappa shape index (κ3) is 2.75. The van der Waals surface area contributed by atoms with Crippen molar-refractivity contribution < 1.29 is 13.2 Å². The minimum Gasteiger partial charge on any atom is -0.367 e. The second kappa shape index (κ2) is 4.54. The van der Waals surface area contributed by atoms with Gasteiger partial charge in [-0.05, 0) is 41.5 Å². The second-order valence-corrected chi connectivity index (χ2v) is 8.53. The maximum atomic E-state index is 12.9. The predicted molar refractivity (Wildman–Crippen MR) is 76.1 cm³/mol. The Bertz CT molecular complexity index is 581. The van der Waals surface area contributed by atoms with Gasteiger partial charge in [-0.15, -0.1) is 0 Å². The van der Waals surface area contributed by atoms with E-state index in [1.54, 1.807) is 13.8 Å². The first-order chi connectivity index (χ1) is 8.95. The Hall–Kier alpha value is -0.920. The highest BCUT2D eigenvalue weighted by Gasteiger charge is 2.44. The quantitative estimate of drug-likeness (QED) is 0.900. The summed E-state index contributed by atoms with van der Waals surface area (Å²) in [5.74, 6) is 0. The highest BCUT2D eigenvalue weighted by molar-refractivity contribution is 7.89. The van der Waals surface area contributed by atoms with Gasteiger partial charge in [0.05, 0.1) is 22.6 Å². The minimum absolute atomic E-state index is 0.283. The summed E-state index contributed by atoms with van der Waals surface area (Å²) in [7, 11) is -3.56. The van der Waals surface area contributed by atoms with Crippen molar-refractivity contribution in [2.45, 2.75) is 57.6 Å². The number of nitrogens with zero attached hydrogens (tertiary/aromatic N) is 2. The molecule has 1 aromatic heterocycles. The number of ether oxygens (including phenoxy) is 1. The Morgan fingerprint density at radius 1 is 1.15 bits per heavy atom. The lowest BCUT2D eigenvalue weighted by atomic mass is 10.0. The number of hydrogen-bond acceptors (Lipinski definition) is 4. The summed E-state index contributed by atoms with van der Waals surface area (Å²) in [5, 5.41) is 6.72. The summed E-state index contributed by atoms with van der Waals surface area (Å²) in [4.78, 5) is 0.283. The number of sulfonamides is 1. The first kappa shape index (κ1) is 15.5. The molecule has 0 radical (unpaired) electrons. The Morgan fingerprint density at radius 3 is 2.05 bits per heavy atom. The Kier molecular flexibility index (Phi) is 3.51. The lowest BCUT2D eigenvalue weighted by Crippen LogP contribution is -2.58. The van der Waals surface area contributed by atoms with Crippen molar-refractivity contribution in [1.82, 2.24) is 14.5 Å². The molecular weight excluding hydrogens is 278 g/mol. The average Bonchev–Trinajstić information content (AvgIpc) is 2.54. The van der Waals surface area contributed by atoms with Crippen LogP contribution in [0.3, 0.4) is 0 Å². The van der Waals surface area contributed by atoms with Gasteiger partial charge in [-0.3, -0.25) is 5.10 Å². The lowest BCUT2D eigenvalue weighted by molar-refractivity contribution is -0.163. The maximum absolute atomic E-state index is 12.9. The van der Waals surface area contributed by atoms with Crippen LogP contribution in [0.2, 0.25) is 0 Å². The van der Waals surface area contributed by atoms with Gasteiger partial charge in [-0.2, -0.15) is 9.40 Å². The van der Waals surface area contributed by atoms with E-state index in [1.807, 2.05) is 27.7 Å². The van der Waals surface area contributed by atoms with Crippen LogP contribution >= 0.6 is 0 Å². The van der Waals surface area contributed by atoms with Crippen molar-refractivity contribution in [3.05, 3.63) is 11.4 Å². The number of H-pyrrole nitrogens is 1. The molecule has 0 bridgehead atoms. The Labute approximate surface area is 120 Å². The Balaban J connectivity index is 2.45. The third-order valence-corrected chi connectivity index (χ3v) is 5.38. The van der Waals surface area contributed by atoms with Crippen LogP contribution in [-0.2, 0) is 14.8 Å². The van der Waals surface area contributed by atoms with Gasteiger partial charge in [0.25, 0.3) is 0 Å². The van der Waals surface area contributed by atoms with Crippen molar-refractivity contribution in [1.29, 1.82) is 0 Å². The van der Waals surface area contributed by atoms with Crippen LogP contribution in [0.5, 0.6) is 0 Å². The smallest absolute Gasteiger partial charge is 0.246 e. The molecule has 2 heterocycles. The summed E-state index contributed by atoms with van der Waals surface area (Å²) in [6.07, 6.45) is 0. The average molecular weight is 301 g/mol. The van der Waals surface area contributed by atoms with Gasteiger partial charge < -0.3 is 4.74 Å². The van der Waals surface area contributed by atoms with Gasteiger partial charge in [0, 0.05) is 13.1 Å². The number of rotatable bonds is 2. The SMILES string of the molecule is Cc1n[nH]c(C)c1S(=O)(=O)N1CC(C)(C)OC(C)(C)C1. The van der Waals surface area contributed by atoms with E-state index in [1.165, 1.54) is 4.31 Å². The molecular formula is C13H23N3O3S. The number of morpholine rings is 1. The fourth-order valence-electron chi connectivity index (χ4n) is 2.94. The molecule has 1 N–H and O–H groups in total. The molecule has 0 saturated carbocycles. The minimum atomic E-state index is -3.56. The van der Waals surface area contributed by atoms with Crippen molar-refractivity contribution in [3.63, 3.8) is 0 Å². The topological polar surface area (TPSA) is 75.3 Å². The summed E-state index contributed by atoms with van der Waals surface area (Å²) in [6, 6.07) is 0. The lowest BCUT2D eigenvalue weighted by Gasteiger charge is -2.46. The van der Waals surface area contributed by atoms with E-state index in [2.05, 4.69) is 10.2 Å². The van der Waals surface area contributed by atoms with Crippen LogP contribution in [-0.4, -0.2) is 47.2 Å². The van der Waals surface area contributed by atoms with Crippen LogP contribution in [0.1, 0.15) is 39.1 Å². The van der Waals surface area contributed by atoms with Gasteiger partial charge in [-0.25, -0.2) is 8.42 Å². The monoisotopic (exact) mass is 301 g/mol. The molecule has 0 unspecified atom stereocenters. The molecule has 1 aliphatic heterocycles. The van der Waals surface area contributed by atoms with Gasteiger partial charge in [0.2, 0.25) is 10.0 Å². The molecule has 0 aromatic carbocycles. The highest BCUT2D eigenvalue weighted by Crippen LogP contribution is 2.32. The van der Waals surface area contributed by atoms with E-state index in [0.29, 0.717) is 24.5 Å². The zero-order chi connectivity index (χ0) is 15.3. The summed E-state index contributed by atoms with van der Waals surface area (Å²) >= 11 is 0. The predicted octanol–water partition coefficient (Wildman–Crippen LogP) is 1.60. The van der Waals surface area contributed by atoms with Crippen molar-refractivity contribution in [2.75, 3.05) is 13.1 Å². The fourth-order valence-corrected chi connectivity index (χ4v) is 5.01. The van der Waals surface area contributed by atoms with Crippen LogP contribution in [0, 0.1) is 13.8 Å². The standard InChI is InChI=1S/C13H23N3O3S/c1-9-11(10(2)15-14-9)20(17,18)16-7-12(3,4)19-13(5,6)8-16/h7-8H2,1-6H3,(H,14,15). The molecule has 0 aliphatic carbocycles. The summed E-state index contributed by atoms with van der Waals surface area (Å²) in [5.41, 5.74) is 0.0509. The van der Waals surface area contributed by atoms with E-state index < -0.39 is 21.2 Å². The normalized spacial score (nSPS) is 22.9. The van der Waals surface area contributed by atoms with Gasteiger partial charge in [0.1, 0.15) is 4.90 Å². The largest absolute Gasteiger partial charge is 0.367 e. The molecule has 2 rings (SSSR count). The van der Waals surface area contributed by atoms with Gasteiger partial charge >= 0.3 is 0 Å². The Morgan fingerprint density at radius 2 is 1.65 bits per heavy atom. The van der Waals surface area contributed by atoms with Crippen LogP contribution in [0.25, 0.3) is 0 Å². The van der Waals surface area contributed by atoms with E-state index in [4.69, 9.17) is 4.74 Å². The van der Waals surface area contributed by atoms with Gasteiger partial charge in [-0.1, -0.05) is 0 Å². The van der Waals surface area contributed by atoms with E-state index in [9.17, 15) is 8.42 Å². The first-order valence-corrected chi connectivity index (χ1v) is 8.11. The highest BCUT2D eigenvalue weighted by atomic mass is 32.2. The van der Waals surface area contributed by atoms with E-state index >= 15 is 0 Å². The molecule has 1 fully saturated rings. The molecule has 6 nitrogen and oxygen atoms in total. The molecule has 20 heavy (non-hydrogen) atoms. The second-order valence-electron chi connectivity index (χ2n) is 6.66. The van der Waals surface area contributed by atoms with E-state index in [-0.39, 0.29) is 4.90 Å². The zero-order valence-electron chi connectivity index (χ0n) is 12.9. The number of aromatic nitrogens is 2. The molecule has 7 heteroatoms. The molecule has 1 aromatic rings. The molecule has 1 aliphatic rings. The molecule has 114 valence electrons. The maximum Gasteiger partial charge on any atom is 0.246 e. The third-order valence-electron chi connectivity index (χ3n) is 3.33. The summed E-state index contributed by atoms with van der Waals surface area (Å²) < 4.78 is 33.2. The van der Waals surface area contributed by atoms with E-state index in [0.717, 1.165) is 0 Å². The first-order valence-electron chi connectivity index (χ1n) is 6.67. The number of nitrogens with one attached hydrogen (secondary N) is 1. The van der Waals surface area contributed by atoms with Crippen LogP contribution in [0.15, 0.2) is 4.90 Å². The zero-order valence-corrected chi connectivity index (χ0v) is 13.8. The van der Waals surface area contributed by atoms with Crippen molar-refractivity contribution in [3.8, 4) is 0 Å². The molecule has 0 atom stereocenters. The van der Waals surface area contributed by atoms with Gasteiger partial charge in [0.15, 0.2) is 0 Å². The number of aromatic amines is 1. The number of aryl methyl sites for hydroxylation is 2. The fraction of sp³-hybridized carbons (Fsp3) is 0.769.